The summed E-state index contributed by atoms with van der Waals surface area (Å²) in [6, 6.07) is 9.99. The summed E-state index contributed by atoms with van der Waals surface area (Å²) in [7, 11) is -3.61. The van der Waals surface area contributed by atoms with Crippen LogP contribution in [-0.2, 0) is 10.0 Å². The highest BCUT2D eigenvalue weighted by Gasteiger charge is 2.30. The van der Waals surface area contributed by atoms with Crippen LogP contribution in [0.2, 0.25) is 0 Å². The number of nitrogens with one attached hydrogen (secondary N) is 1. The number of benzene rings is 1. The Kier molecular flexibility index (Phi) is 4.17. The van der Waals surface area contributed by atoms with Crippen LogP contribution in [0.25, 0.3) is 11.0 Å². The van der Waals surface area contributed by atoms with Crippen LogP contribution in [0.5, 0.6) is 0 Å². The molecule has 3 aromatic rings. The second kappa shape index (κ2) is 6.50. The Bertz CT molecular complexity index is 1040. The van der Waals surface area contributed by atoms with Crippen LogP contribution in [0.15, 0.2) is 53.8 Å². The first kappa shape index (κ1) is 16.7. The van der Waals surface area contributed by atoms with Gasteiger partial charge in [0.2, 0.25) is 10.0 Å². The quantitative estimate of drug-likeness (QED) is 0.743. The van der Waals surface area contributed by atoms with Crippen LogP contribution >= 0.6 is 0 Å². The van der Waals surface area contributed by atoms with Gasteiger partial charge < -0.3 is 9.88 Å². The SMILES string of the molecule is O=C(c1ccccn1)N1CCN(S(=O)(=O)c2ccc3nc[nH]c3c2)CC1. The van der Waals surface area contributed by atoms with E-state index in [0.717, 1.165) is 5.52 Å². The monoisotopic (exact) mass is 371 g/mol. The second-order valence-electron chi connectivity index (χ2n) is 5.99. The first-order chi connectivity index (χ1) is 12.6. The first-order valence-electron chi connectivity index (χ1n) is 8.19. The van der Waals surface area contributed by atoms with E-state index >= 15 is 0 Å². The largest absolute Gasteiger partial charge is 0.345 e. The molecule has 26 heavy (non-hydrogen) atoms. The number of carbonyl (C=O) groups is 1. The molecule has 1 fully saturated rings. The third kappa shape index (κ3) is 2.95. The van der Waals surface area contributed by atoms with Gasteiger partial charge >= 0.3 is 0 Å². The summed E-state index contributed by atoms with van der Waals surface area (Å²) in [4.78, 5) is 25.4. The average Bonchev–Trinajstić information content (AvgIpc) is 3.16. The molecule has 8 nitrogen and oxygen atoms in total. The summed E-state index contributed by atoms with van der Waals surface area (Å²) in [6.45, 7) is 1.17. The van der Waals surface area contributed by atoms with Gasteiger partial charge in [0.1, 0.15) is 5.69 Å². The molecule has 4 rings (SSSR count). The maximum Gasteiger partial charge on any atom is 0.272 e. The number of fused-ring (bicyclic) bond motifs is 1. The third-order valence-corrected chi connectivity index (χ3v) is 6.33. The average molecular weight is 371 g/mol. The van der Waals surface area contributed by atoms with E-state index in [-0.39, 0.29) is 23.9 Å². The lowest BCUT2D eigenvalue weighted by Gasteiger charge is -2.33. The number of imidazole rings is 1. The van der Waals surface area contributed by atoms with Crippen LogP contribution < -0.4 is 0 Å². The standard InChI is InChI=1S/C17H17N5O3S/c23-17(15-3-1-2-6-18-15)21-7-9-22(10-8-21)26(24,25)13-4-5-14-16(11-13)20-12-19-14/h1-6,11-12H,7-10H2,(H,19,20). The maximum absolute atomic E-state index is 12.9. The number of amides is 1. The minimum atomic E-state index is -3.61. The van der Waals surface area contributed by atoms with E-state index in [2.05, 4.69) is 15.0 Å². The summed E-state index contributed by atoms with van der Waals surface area (Å²) >= 11 is 0. The third-order valence-electron chi connectivity index (χ3n) is 4.44. The molecule has 1 aromatic carbocycles. The molecular formula is C17H17N5O3S. The molecule has 1 N–H and O–H groups in total. The molecule has 1 aliphatic heterocycles. The Labute approximate surface area is 150 Å². The van der Waals surface area contributed by atoms with Gasteiger partial charge in [-0.1, -0.05) is 6.07 Å². The Morgan fingerprint density at radius 1 is 1.04 bits per heavy atom. The number of hydrogen-bond donors (Lipinski definition) is 1. The molecule has 1 saturated heterocycles. The van der Waals surface area contributed by atoms with E-state index in [4.69, 9.17) is 0 Å². The summed E-state index contributed by atoms with van der Waals surface area (Å²) in [5.74, 6) is -0.179. The topological polar surface area (TPSA) is 99.3 Å². The zero-order valence-electron chi connectivity index (χ0n) is 13.9. The minimum Gasteiger partial charge on any atom is -0.345 e. The fourth-order valence-corrected chi connectivity index (χ4v) is 4.46. The summed E-state index contributed by atoms with van der Waals surface area (Å²) in [6.07, 6.45) is 3.10. The number of nitrogens with zero attached hydrogens (tertiary/aromatic N) is 4. The number of aromatic nitrogens is 3. The van der Waals surface area contributed by atoms with Crippen LogP contribution in [0.1, 0.15) is 10.5 Å². The van der Waals surface area contributed by atoms with Crippen LogP contribution in [0, 0.1) is 0 Å². The van der Waals surface area contributed by atoms with Crippen molar-refractivity contribution in [1.29, 1.82) is 0 Å². The molecule has 0 spiro atoms. The van der Waals surface area contributed by atoms with Gasteiger partial charge in [0.15, 0.2) is 0 Å². The lowest BCUT2D eigenvalue weighted by Crippen LogP contribution is -2.50. The molecule has 0 bridgehead atoms. The predicted octanol–water partition coefficient (Wildman–Crippen LogP) is 1.10. The lowest BCUT2D eigenvalue weighted by atomic mass is 10.3. The number of H-pyrrole nitrogens is 1. The number of sulfonamides is 1. The number of hydrogen-bond acceptors (Lipinski definition) is 5. The van der Waals surface area contributed by atoms with Gasteiger partial charge in [0, 0.05) is 32.4 Å². The van der Waals surface area contributed by atoms with Crippen LogP contribution in [-0.4, -0.2) is 64.7 Å². The molecule has 0 unspecified atom stereocenters. The van der Waals surface area contributed by atoms with Crippen molar-refractivity contribution in [3.8, 4) is 0 Å². The minimum absolute atomic E-state index is 0.179. The van der Waals surface area contributed by atoms with Gasteiger partial charge in [-0.2, -0.15) is 4.31 Å². The second-order valence-corrected chi connectivity index (χ2v) is 7.93. The highest BCUT2D eigenvalue weighted by Crippen LogP contribution is 2.21. The molecule has 1 amide bonds. The zero-order chi connectivity index (χ0) is 18.1. The van der Waals surface area contributed by atoms with Crippen molar-refractivity contribution in [2.24, 2.45) is 0 Å². The Morgan fingerprint density at radius 2 is 1.85 bits per heavy atom. The van der Waals surface area contributed by atoms with Crippen molar-refractivity contribution in [2.75, 3.05) is 26.2 Å². The smallest absolute Gasteiger partial charge is 0.272 e. The Morgan fingerprint density at radius 3 is 2.58 bits per heavy atom. The fraction of sp³-hybridized carbons (Fsp3) is 0.235. The molecule has 1 aliphatic rings. The normalized spacial score (nSPS) is 16.1. The van der Waals surface area contributed by atoms with Crippen molar-refractivity contribution >= 4 is 27.0 Å². The molecule has 3 heterocycles. The van der Waals surface area contributed by atoms with E-state index in [9.17, 15) is 13.2 Å². The highest BCUT2D eigenvalue weighted by atomic mass is 32.2. The summed E-state index contributed by atoms with van der Waals surface area (Å²) in [5, 5.41) is 0. The maximum atomic E-state index is 12.9. The number of piperazine rings is 1. The first-order valence-corrected chi connectivity index (χ1v) is 9.63. The molecule has 0 saturated carbocycles. The molecular weight excluding hydrogens is 354 g/mol. The van der Waals surface area contributed by atoms with Crippen LogP contribution in [0.4, 0.5) is 0 Å². The van der Waals surface area contributed by atoms with Gasteiger partial charge in [-0.3, -0.25) is 9.78 Å². The number of pyridine rings is 1. The highest BCUT2D eigenvalue weighted by molar-refractivity contribution is 7.89. The molecule has 0 aliphatic carbocycles. The van der Waals surface area contributed by atoms with Gasteiger partial charge in [0.25, 0.3) is 5.91 Å². The fourth-order valence-electron chi connectivity index (χ4n) is 3.01. The lowest BCUT2D eigenvalue weighted by molar-refractivity contribution is 0.0692. The van der Waals surface area contributed by atoms with E-state index in [0.29, 0.717) is 24.3 Å². The van der Waals surface area contributed by atoms with E-state index in [1.807, 2.05) is 0 Å². The van der Waals surface area contributed by atoms with E-state index in [1.54, 1.807) is 47.5 Å². The van der Waals surface area contributed by atoms with Crippen molar-refractivity contribution in [3.63, 3.8) is 0 Å². The Balaban J connectivity index is 1.49. The zero-order valence-corrected chi connectivity index (χ0v) is 14.7. The predicted molar refractivity (Wildman–Crippen MR) is 95.0 cm³/mol. The van der Waals surface area contributed by atoms with Gasteiger partial charge in [-0.25, -0.2) is 13.4 Å². The van der Waals surface area contributed by atoms with Gasteiger partial charge in [-0.15, -0.1) is 0 Å². The Hall–Kier alpha value is -2.78. The molecule has 134 valence electrons. The van der Waals surface area contributed by atoms with Gasteiger partial charge in [-0.05, 0) is 30.3 Å². The van der Waals surface area contributed by atoms with E-state index in [1.165, 1.54) is 10.6 Å². The van der Waals surface area contributed by atoms with Crippen molar-refractivity contribution in [1.82, 2.24) is 24.2 Å². The number of rotatable bonds is 3. The number of carbonyl (C=O) groups excluding carboxylic acids is 1. The molecule has 9 heteroatoms. The molecule has 0 atom stereocenters. The molecule has 0 radical (unpaired) electrons. The van der Waals surface area contributed by atoms with Crippen molar-refractivity contribution in [2.45, 2.75) is 4.90 Å². The van der Waals surface area contributed by atoms with Crippen molar-refractivity contribution in [3.05, 3.63) is 54.6 Å². The van der Waals surface area contributed by atoms with Gasteiger partial charge in [0.05, 0.1) is 22.3 Å². The van der Waals surface area contributed by atoms with Crippen LogP contribution in [0.3, 0.4) is 0 Å². The van der Waals surface area contributed by atoms with E-state index < -0.39 is 10.0 Å². The summed E-state index contributed by atoms with van der Waals surface area (Å²) < 4.78 is 27.2. The number of aromatic amines is 1. The summed E-state index contributed by atoms with van der Waals surface area (Å²) in [5.41, 5.74) is 1.76. The van der Waals surface area contributed by atoms with Crippen molar-refractivity contribution < 1.29 is 13.2 Å². The molecule has 2 aromatic heterocycles.